The van der Waals surface area contributed by atoms with E-state index in [4.69, 9.17) is 9.47 Å². The quantitative estimate of drug-likeness (QED) is 0.276. The zero-order valence-electron chi connectivity index (χ0n) is 22.6. The predicted molar refractivity (Wildman–Crippen MR) is 155 cm³/mol. The van der Waals surface area contributed by atoms with Crippen LogP contribution >= 0.6 is 0 Å². The molecule has 0 radical (unpaired) electrons. The summed E-state index contributed by atoms with van der Waals surface area (Å²) >= 11 is 0. The number of aliphatic hydroxyl groups excluding tert-OH is 1. The number of ether oxygens (including phenoxy) is 2. The minimum atomic E-state index is -0.552. The molecule has 0 bridgehead atoms. The van der Waals surface area contributed by atoms with Gasteiger partial charge in [-0.3, -0.25) is 9.78 Å². The fourth-order valence-electron chi connectivity index (χ4n) is 4.84. The van der Waals surface area contributed by atoms with Gasteiger partial charge in [-0.1, -0.05) is 60.7 Å². The van der Waals surface area contributed by atoms with E-state index in [1.54, 1.807) is 12.1 Å². The maximum Gasteiger partial charge on any atom is 0.255 e. The zero-order chi connectivity index (χ0) is 27.7. The first-order chi connectivity index (χ1) is 19.6. The largest absolute Gasteiger partial charge is 0.392 e. The molecule has 2 heterocycles. The Morgan fingerprint density at radius 2 is 1.65 bits per heavy atom. The Labute approximate surface area is 235 Å². The Balaban J connectivity index is 1.28. The number of carbonyl (C=O) groups is 1. The van der Waals surface area contributed by atoms with Gasteiger partial charge in [-0.25, -0.2) is 0 Å². The summed E-state index contributed by atoms with van der Waals surface area (Å²) in [5.74, 6) is -0.154. The molecule has 7 nitrogen and oxygen atoms in total. The topological polar surface area (TPSA) is 83.9 Å². The monoisotopic (exact) mass is 537 g/mol. The second-order valence-electron chi connectivity index (χ2n) is 10.1. The molecule has 40 heavy (non-hydrogen) atoms. The summed E-state index contributed by atoms with van der Waals surface area (Å²) in [7, 11) is 2.10. The molecule has 0 saturated carbocycles. The molecule has 1 amide bonds. The Kier molecular flexibility index (Phi) is 9.31. The highest BCUT2D eigenvalue weighted by atomic mass is 16.7. The number of carbonyl (C=O) groups excluding carboxylic acids is 1. The molecule has 3 atom stereocenters. The second kappa shape index (κ2) is 13.5. The van der Waals surface area contributed by atoms with Crippen LogP contribution < -0.4 is 5.32 Å². The molecule has 0 spiro atoms. The van der Waals surface area contributed by atoms with E-state index in [9.17, 15) is 9.90 Å². The summed E-state index contributed by atoms with van der Waals surface area (Å²) in [6.45, 7) is 1.63. The van der Waals surface area contributed by atoms with Crippen LogP contribution in [0.3, 0.4) is 0 Å². The van der Waals surface area contributed by atoms with Gasteiger partial charge in [-0.15, -0.1) is 0 Å². The highest BCUT2D eigenvalue weighted by Crippen LogP contribution is 2.38. The minimum absolute atomic E-state index is 0.00832. The molecule has 3 unspecified atom stereocenters. The summed E-state index contributed by atoms with van der Waals surface area (Å²) in [4.78, 5) is 19.3. The van der Waals surface area contributed by atoms with Crippen molar-refractivity contribution in [3.05, 3.63) is 131 Å². The summed E-state index contributed by atoms with van der Waals surface area (Å²) in [5.41, 5.74) is 5.19. The number of amides is 1. The maximum absolute atomic E-state index is 12.6. The van der Waals surface area contributed by atoms with Crippen LogP contribution in [0.25, 0.3) is 0 Å². The molecule has 5 rings (SSSR count). The van der Waals surface area contributed by atoms with Gasteiger partial charge in [-0.2, -0.15) is 0 Å². The Morgan fingerprint density at radius 1 is 0.925 bits per heavy atom. The number of benzene rings is 3. The Morgan fingerprint density at radius 3 is 2.35 bits per heavy atom. The van der Waals surface area contributed by atoms with Crippen LogP contribution in [0.15, 0.2) is 103 Å². The van der Waals surface area contributed by atoms with Crippen molar-refractivity contribution in [3.8, 4) is 0 Å². The normalized spacial score (nSPS) is 18.9. The van der Waals surface area contributed by atoms with Crippen molar-refractivity contribution in [2.75, 3.05) is 25.5 Å². The van der Waals surface area contributed by atoms with Crippen molar-refractivity contribution in [1.29, 1.82) is 0 Å². The average Bonchev–Trinajstić information content (AvgIpc) is 3.01. The molecule has 0 aliphatic carbocycles. The van der Waals surface area contributed by atoms with Crippen molar-refractivity contribution in [3.63, 3.8) is 0 Å². The number of nitrogens with one attached hydrogen (secondary N) is 1. The molecule has 1 saturated heterocycles. The number of anilines is 1. The van der Waals surface area contributed by atoms with Gasteiger partial charge in [-0.05, 0) is 54.6 Å². The first kappa shape index (κ1) is 27.7. The van der Waals surface area contributed by atoms with Gasteiger partial charge in [0.15, 0.2) is 6.29 Å². The fourth-order valence-corrected chi connectivity index (χ4v) is 4.84. The molecule has 1 aliphatic rings. The molecule has 3 aromatic carbocycles. The number of likely N-dealkylation sites (N-methyl/N-ethyl adjacent to an activating group) is 1. The Hall–Kier alpha value is -3.88. The van der Waals surface area contributed by atoms with E-state index >= 15 is 0 Å². The van der Waals surface area contributed by atoms with Crippen LogP contribution in [0.4, 0.5) is 5.69 Å². The molecule has 4 aromatic rings. The number of rotatable bonds is 10. The van der Waals surface area contributed by atoms with Crippen molar-refractivity contribution in [2.24, 2.45) is 0 Å². The van der Waals surface area contributed by atoms with Gasteiger partial charge < -0.3 is 24.8 Å². The van der Waals surface area contributed by atoms with Crippen molar-refractivity contribution in [2.45, 2.75) is 37.9 Å². The van der Waals surface area contributed by atoms with Crippen molar-refractivity contribution < 1.29 is 19.4 Å². The van der Waals surface area contributed by atoms with E-state index in [1.807, 2.05) is 91.1 Å². The number of aliphatic hydroxyl groups is 1. The van der Waals surface area contributed by atoms with E-state index < -0.39 is 6.29 Å². The Bertz CT molecular complexity index is 1350. The van der Waals surface area contributed by atoms with Gasteiger partial charge in [0, 0.05) is 54.6 Å². The van der Waals surface area contributed by atoms with Gasteiger partial charge in [0.05, 0.1) is 18.8 Å². The molecule has 1 aliphatic heterocycles. The summed E-state index contributed by atoms with van der Waals surface area (Å²) < 4.78 is 12.9. The lowest BCUT2D eigenvalue weighted by Gasteiger charge is -2.38. The molecule has 7 heteroatoms. The maximum atomic E-state index is 12.6. The summed E-state index contributed by atoms with van der Waals surface area (Å²) in [6.07, 6.45) is 2.65. The average molecular weight is 538 g/mol. The van der Waals surface area contributed by atoms with E-state index in [0.29, 0.717) is 17.7 Å². The number of hydrogen-bond acceptors (Lipinski definition) is 6. The fraction of sp³-hybridized carbons (Fsp3) is 0.273. The predicted octanol–water partition coefficient (Wildman–Crippen LogP) is 5.55. The van der Waals surface area contributed by atoms with Crippen LogP contribution in [0.5, 0.6) is 0 Å². The third-order valence-corrected chi connectivity index (χ3v) is 7.08. The highest BCUT2D eigenvalue weighted by Gasteiger charge is 2.32. The number of hydrogen-bond donors (Lipinski definition) is 2. The van der Waals surface area contributed by atoms with Gasteiger partial charge in [0.1, 0.15) is 0 Å². The molecule has 2 N–H and O–H groups in total. The van der Waals surface area contributed by atoms with Crippen LogP contribution in [-0.2, 0) is 22.5 Å². The third-order valence-electron chi connectivity index (χ3n) is 7.08. The highest BCUT2D eigenvalue weighted by molar-refractivity contribution is 6.04. The first-order valence-electron chi connectivity index (χ1n) is 13.6. The molecule has 1 aromatic heterocycles. The van der Waals surface area contributed by atoms with E-state index in [0.717, 1.165) is 41.9 Å². The number of pyridine rings is 1. The lowest BCUT2D eigenvalue weighted by atomic mass is 9.99. The molecule has 1 fully saturated rings. The summed E-state index contributed by atoms with van der Waals surface area (Å²) in [6, 6.07) is 30.6. The van der Waals surface area contributed by atoms with Crippen LogP contribution in [0.2, 0.25) is 0 Å². The SMILES string of the molecule is CN(CCc1ccccn1)CC1CC(c2ccc(CO)cc2)OC(c2ccc(NC(=O)c3ccccc3)cc2)O1. The third kappa shape index (κ3) is 7.40. The standard InChI is InChI=1S/C33H35N3O4/c1-36(20-18-28-9-5-6-19-34-28)22-30-21-31(25-12-10-24(23-37)11-13-25)40-33(39-30)27-14-16-29(17-15-27)35-32(38)26-7-3-2-4-8-26/h2-17,19,30-31,33,37H,18,20-23H2,1H3,(H,35,38). The van der Waals surface area contributed by atoms with Gasteiger partial charge >= 0.3 is 0 Å². The molecular weight excluding hydrogens is 502 g/mol. The van der Waals surface area contributed by atoms with Gasteiger partial charge in [0.2, 0.25) is 0 Å². The number of aromatic nitrogens is 1. The number of nitrogens with zero attached hydrogens (tertiary/aromatic N) is 2. The van der Waals surface area contributed by atoms with Gasteiger partial charge in [0.25, 0.3) is 5.91 Å². The van der Waals surface area contributed by atoms with E-state index in [1.165, 1.54) is 0 Å². The van der Waals surface area contributed by atoms with Crippen LogP contribution in [0.1, 0.15) is 51.6 Å². The van der Waals surface area contributed by atoms with Crippen molar-refractivity contribution >= 4 is 11.6 Å². The molecule has 206 valence electrons. The van der Waals surface area contributed by atoms with E-state index in [2.05, 4.69) is 22.2 Å². The lowest BCUT2D eigenvalue weighted by Crippen LogP contribution is -2.38. The lowest BCUT2D eigenvalue weighted by molar-refractivity contribution is -0.252. The van der Waals surface area contributed by atoms with Crippen LogP contribution in [-0.4, -0.2) is 47.1 Å². The minimum Gasteiger partial charge on any atom is -0.392 e. The molecular formula is C33H35N3O4. The van der Waals surface area contributed by atoms with Crippen LogP contribution in [0, 0.1) is 0 Å². The van der Waals surface area contributed by atoms with E-state index in [-0.39, 0.29) is 24.7 Å². The summed E-state index contributed by atoms with van der Waals surface area (Å²) in [5, 5.41) is 12.4. The van der Waals surface area contributed by atoms with Crippen molar-refractivity contribution in [1.82, 2.24) is 9.88 Å². The zero-order valence-corrected chi connectivity index (χ0v) is 22.6. The smallest absolute Gasteiger partial charge is 0.255 e. The first-order valence-corrected chi connectivity index (χ1v) is 13.6. The second-order valence-corrected chi connectivity index (χ2v) is 10.1.